The Morgan fingerprint density at radius 2 is 0.825 bits per heavy atom. The first-order valence-corrected chi connectivity index (χ1v) is 19.0. The third-order valence-corrected chi connectivity index (χ3v) is 15.0. The van der Waals surface area contributed by atoms with Crippen molar-refractivity contribution in [1.82, 2.24) is 0 Å². The molecular weight excluding hydrogens is 604 g/mol. The zero-order chi connectivity index (χ0) is 30.2. The van der Waals surface area contributed by atoms with Crippen molar-refractivity contribution in [3.63, 3.8) is 0 Å². The molecule has 0 unspecified atom stereocenters. The molecule has 0 radical (unpaired) electrons. The second kappa shape index (κ2) is 14.8. The fourth-order valence-electron chi connectivity index (χ4n) is 3.95. The molecule has 0 atom stereocenters. The monoisotopic (exact) mass is 640 g/mol. The Kier molecular flexibility index (Phi) is 12.9. The van der Waals surface area contributed by atoms with Crippen molar-refractivity contribution in [2.24, 2.45) is 0 Å². The van der Waals surface area contributed by atoms with Crippen LogP contribution in [-0.2, 0) is 36.4 Å². The Morgan fingerprint density at radius 3 is 1.07 bits per heavy atom. The normalized spacial score (nSPS) is 13.6. The summed E-state index contributed by atoms with van der Waals surface area (Å²) < 4.78 is 73.0. The lowest BCUT2D eigenvalue weighted by Crippen LogP contribution is -2.11. The number of rotatable bonds is 16. The molecule has 0 spiro atoms. The van der Waals surface area contributed by atoms with E-state index in [0.717, 1.165) is 0 Å². The summed E-state index contributed by atoms with van der Waals surface area (Å²) in [6.45, 7) is 6.79. The minimum atomic E-state index is -5.11. The molecule has 0 saturated heterocycles. The SMILES string of the molecule is CCOP(=O)(OCC)C(c1ccc(C=Cc2ccc(C(P(=O)(O)O)P(=O)(O)O)cc2)cc1)P(=O)(OCC)OCC. The van der Waals surface area contributed by atoms with Crippen LogP contribution >= 0.6 is 30.4 Å². The molecule has 2 aromatic carbocycles. The minimum Gasteiger partial charge on any atom is -0.324 e. The first-order chi connectivity index (χ1) is 18.6. The molecule has 2 rings (SSSR count). The van der Waals surface area contributed by atoms with Gasteiger partial charge in [-0.25, -0.2) is 0 Å². The molecule has 224 valence electrons. The highest BCUT2D eigenvalue weighted by molar-refractivity contribution is 7.72. The molecule has 0 saturated carbocycles. The van der Waals surface area contributed by atoms with Crippen molar-refractivity contribution < 1.29 is 55.9 Å². The number of hydrogen-bond acceptors (Lipinski definition) is 8. The number of hydrogen-bond donors (Lipinski definition) is 4. The fourth-order valence-corrected chi connectivity index (χ4v) is 12.1. The van der Waals surface area contributed by atoms with Crippen LogP contribution in [0.15, 0.2) is 48.5 Å². The smallest absolute Gasteiger partial charge is 0.324 e. The van der Waals surface area contributed by atoms with Gasteiger partial charge in [0.1, 0.15) is 0 Å². The van der Waals surface area contributed by atoms with Gasteiger partial charge in [0, 0.05) is 0 Å². The summed E-state index contributed by atoms with van der Waals surface area (Å²) in [6, 6.07) is 12.0. The van der Waals surface area contributed by atoms with Crippen molar-refractivity contribution in [3.8, 4) is 0 Å². The molecule has 40 heavy (non-hydrogen) atoms. The van der Waals surface area contributed by atoms with Gasteiger partial charge in [0.15, 0.2) is 10.8 Å². The standard InChI is InChI=1S/C24H36O12P4/c1-5-33-39(31,34-6-2)24(40(32,35-7-3)36-8-4)22-17-13-20(14-18-22)10-9-19-11-15-21(16-12-19)23(37(25,26)27)38(28,29)30/h9-18,23-24H,5-8H2,1-4H3,(H2,25,26,27)(H2,28,29,30). The van der Waals surface area contributed by atoms with Crippen LogP contribution in [-0.4, -0.2) is 46.0 Å². The molecule has 0 fully saturated rings. The van der Waals surface area contributed by atoms with Crippen molar-refractivity contribution in [2.45, 2.75) is 38.5 Å². The summed E-state index contributed by atoms with van der Waals surface area (Å²) in [7, 11) is -18.2. The predicted molar refractivity (Wildman–Crippen MR) is 153 cm³/mol. The first kappa shape index (κ1) is 35.0. The van der Waals surface area contributed by atoms with E-state index in [0.29, 0.717) is 16.7 Å². The zero-order valence-electron chi connectivity index (χ0n) is 22.6. The molecule has 0 aromatic heterocycles. The first-order valence-electron chi connectivity index (χ1n) is 12.4. The molecule has 4 N–H and O–H groups in total. The highest BCUT2D eigenvalue weighted by Gasteiger charge is 2.52. The summed E-state index contributed by atoms with van der Waals surface area (Å²) in [5, 5.41) is -3.56. The van der Waals surface area contributed by atoms with Gasteiger partial charge in [0.25, 0.3) is 0 Å². The minimum absolute atomic E-state index is 0.0503. The van der Waals surface area contributed by atoms with E-state index in [1.807, 2.05) is 0 Å². The maximum atomic E-state index is 13.8. The molecule has 2 aromatic rings. The molecule has 16 heteroatoms. The van der Waals surface area contributed by atoms with Gasteiger partial charge in [0.05, 0.1) is 26.4 Å². The zero-order valence-corrected chi connectivity index (χ0v) is 26.2. The van der Waals surface area contributed by atoms with E-state index < -0.39 is 41.2 Å². The Balaban J connectivity index is 2.41. The molecular formula is C24H36O12P4. The Hall–Kier alpha value is -1.22. The third-order valence-electron chi connectivity index (χ3n) is 5.41. The maximum Gasteiger partial charge on any atom is 0.350 e. The summed E-state index contributed by atoms with van der Waals surface area (Å²) in [5.74, 6) is 0. The summed E-state index contributed by atoms with van der Waals surface area (Å²) in [4.78, 5) is 37.6. The molecule has 0 aliphatic rings. The lowest BCUT2D eigenvalue weighted by Gasteiger charge is -2.31. The van der Waals surface area contributed by atoms with E-state index >= 15 is 0 Å². The average Bonchev–Trinajstić information content (AvgIpc) is 2.83. The Morgan fingerprint density at radius 1 is 0.550 bits per heavy atom. The molecule has 0 aliphatic carbocycles. The van der Waals surface area contributed by atoms with Crippen LogP contribution in [0.4, 0.5) is 0 Å². The van der Waals surface area contributed by atoms with Crippen molar-refractivity contribution >= 4 is 42.5 Å². The van der Waals surface area contributed by atoms with E-state index in [1.165, 1.54) is 24.3 Å². The van der Waals surface area contributed by atoms with E-state index in [-0.39, 0.29) is 32.0 Å². The second-order valence-electron chi connectivity index (χ2n) is 8.34. The Bertz CT molecular complexity index is 1240. The van der Waals surface area contributed by atoms with Gasteiger partial charge in [-0.05, 0) is 49.9 Å². The van der Waals surface area contributed by atoms with Crippen LogP contribution < -0.4 is 0 Å². The lowest BCUT2D eigenvalue weighted by molar-refractivity contribution is 0.195. The molecule has 0 heterocycles. The van der Waals surface area contributed by atoms with E-state index in [4.69, 9.17) is 18.1 Å². The fraction of sp³-hybridized carbons (Fsp3) is 0.417. The lowest BCUT2D eigenvalue weighted by atomic mass is 10.1. The number of benzene rings is 2. The van der Waals surface area contributed by atoms with Crippen LogP contribution in [0, 0.1) is 0 Å². The van der Waals surface area contributed by atoms with E-state index in [1.54, 1.807) is 64.1 Å². The van der Waals surface area contributed by atoms with Crippen LogP contribution in [0.5, 0.6) is 0 Å². The molecule has 0 aliphatic heterocycles. The molecule has 0 amide bonds. The van der Waals surface area contributed by atoms with Gasteiger partial charge in [-0.3, -0.25) is 18.3 Å². The third kappa shape index (κ3) is 9.14. The highest BCUT2D eigenvalue weighted by atomic mass is 31.2. The van der Waals surface area contributed by atoms with E-state index in [2.05, 4.69) is 0 Å². The van der Waals surface area contributed by atoms with Gasteiger partial charge >= 0.3 is 30.4 Å². The van der Waals surface area contributed by atoms with Crippen LogP contribution in [0.2, 0.25) is 0 Å². The van der Waals surface area contributed by atoms with Gasteiger partial charge < -0.3 is 37.7 Å². The quantitative estimate of drug-likeness (QED) is 0.112. The summed E-state index contributed by atoms with van der Waals surface area (Å²) in [5.41, 5.74) is 1.48. The van der Waals surface area contributed by atoms with Gasteiger partial charge in [-0.15, -0.1) is 0 Å². The average molecular weight is 640 g/mol. The van der Waals surface area contributed by atoms with Crippen molar-refractivity contribution in [1.29, 1.82) is 0 Å². The molecule has 12 nitrogen and oxygen atoms in total. The highest BCUT2D eigenvalue weighted by Crippen LogP contribution is 2.78. The van der Waals surface area contributed by atoms with Gasteiger partial charge in [-0.1, -0.05) is 60.7 Å². The Labute approximate surface area is 234 Å². The summed E-state index contributed by atoms with van der Waals surface area (Å²) in [6.07, 6.45) is 3.39. The molecule has 0 bridgehead atoms. The van der Waals surface area contributed by atoms with Crippen molar-refractivity contribution in [3.05, 3.63) is 70.8 Å². The predicted octanol–water partition coefficient (Wildman–Crippen LogP) is 6.74. The van der Waals surface area contributed by atoms with E-state index in [9.17, 15) is 37.8 Å². The largest absolute Gasteiger partial charge is 0.350 e. The summed E-state index contributed by atoms with van der Waals surface area (Å²) >= 11 is 0. The maximum absolute atomic E-state index is 13.8. The van der Waals surface area contributed by atoms with Gasteiger partial charge in [0.2, 0.25) is 0 Å². The van der Waals surface area contributed by atoms with Crippen LogP contribution in [0.3, 0.4) is 0 Å². The van der Waals surface area contributed by atoms with Crippen LogP contribution in [0.1, 0.15) is 60.7 Å². The van der Waals surface area contributed by atoms with Crippen LogP contribution in [0.25, 0.3) is 12.2 Å². The van der Waals surface area contributed by atoms with Gasteiger partial charge in [-0.2, -0.15) is 0 Å². The topological polar surface area (TPSA) is 186 Å². The van der Waals surface area contributed by atoms with Crippen molar-refractivity contribution in [2.75, 3.05) is 26.4 Å². The second-order valence-corrected chi connectivity index (χ2v) is 16.8.